The molecule has 7 heteroatoms. The Balaban J connectivity index is 1.69. The molecule has 0 saturated heterocycles. The lowest BCUT2D eigenvalue weighted by Gasteiger charge is -2.27. The zero-order valence-electron chi connectivity index (χ0n) is 13.7. The van der Waals surface area contributed by atoms with E-state index in [4.69, 9.17) is 0 Å². The number of nitrogens with zero attached hydrogens (tertiary/aromatic N) is 2. The molecule has 1 fully saturated rings. The number of aryl methyl sites for hydroxylation is 1. The van der Waals surface area contributed by atoms with Gasteiger partial charge in [-0.05, 0) is 38.2 Å². The van der Waals surface area contributed by atoms with Gasteiger partial charge in [-0.25, -0.2) is 9.78 Å². The van der Waals surface area contributed by atoms with Crippen LogP contribution >= 0.6 is 0 Å². The van der Waals surface area contributed by atoms with E-state index in [-0.39, 0.29) is 18.2 Å². The van der Waals surface area contributed by atoms with E-state index in [1.54, 1.807) is 0 Å². The average Bonchev–Trinajstić information content (AvgIpc) is 3.02. The van der Waals surface area contributed by atoms with Crippen molar-refractivity contribution in [2.24, 2.45) is 0 Å². The van der Waals surface area contributed by atoms with Gasteiger partial charge in [0.1, 0.15) is 11.9 Å². The number of hydrogen-bond acceptors (Lipinski definition) is 4. The molecule has 2 amide bonds. The molecule has 1 atom stereocenters. The van der Waals surface area contributed by atoms with E-state index in [9.17, 15) is 9.90 Å². The second-order valence-corrected chi connectivity index (χ2v) is 6.25. The van der Waals surface area contributed by atoms with Crippen LogP contribution in [-0.2, 0) is 0 Å². The molecule has 1 heterocycles. The number of aromatic amines is 1. The first-order chi connectivity index (χ1) is 11.6. The average molecular weight is 329 g/mol. The highest BCUT2D eigenvalue weighted by Crippen LogP contribution is 2.20. The Labute approximate surface area is 140 Å². The number of urea groups is 1. The molecule has 1 aromatic carbocycles. The molecule has 24 heavy (non-hydrogen) atoms. The highest BCUT2D eigenvalue weighted by Gasteiger charge is 2.24. The molecule has 1 aromatic heterocycles. The second-order valence-electron chi connectivity index (χ2n) is 6.25. The van der Waals surface area contributed by atoms with Crippen molar-refractivity contribution in [2.45, 2.75) is 50.8 Å². The molecule has 0 bridgehead atoms. The van der Waals surface area contributed by atoms with Crippen LogP contribution < -0.4 is 10.6 Å². The summed E-state index contributed by atoms with van der Waals surface area (Å²) in [7, 11) is 0. The predicted molar refractivity (Wildman–Crippen MR) is 89.3 cm³/mol. The van der Waals surface area contributed by atoms with E-state index in [1.807, 2.05) is 37.3 Å². The molecule has 2 aromatic rings. The minimum Gasteiger partial charge on any atom is -0.393 e. The number of amides is 2. The van der Waals surface area contributed by atoms with Crippen molar-refractivity contribution in [1.29, 1.82) is 0 Å². The zero-order valence-corrected chi connectivity index (χ0v) is 13.7. The first kappa shape index (κ1) is 16.4. The Hall–Kier alpha value is -2.41. The summed E-state index contributed by atoms with van der Waals surface area (Å²) < 4.78 is 0. The minimum absolute atomic E-state index is 0.0960. The van der Waals surface area contributed by atoms with Gasteiger partial charge in [0, 0.05) is 6.04 Å². The van der Waals surface area contributed by atoms with Crippen molar-refractivity contribution in [2.75, 3.05) is 0 Å². The Morgan fingerprint density at radius 2 is 1.96 bits per heavy atom. The molecule has 128 valence electrons. The third-order valence-corrected chi connectivity index (χ3v) is 4.31. The Morgan fingerprint density at radius 3 is 2.58 bits per heavy atom. The fourth-order valence-electron chi connectivity index (χ4n) is 3.01. The summed E-state index contributed by atoms with van der Waals surface area (Å²) in [5.41, 5.74) is 0.922. The number of aromatic nitrogens is 3. The van der Waals surface area contributed by atoms with E-state index >= 15 is 0 Å². The smallest absolute Gasteiger partial charge is 0.315 e. The van der Waals surface area contributed by atoms with Gasteiger partial charge in [0.05, 0.1) is 6.10 Å². The van der Waals surface area contributed by atoms with Crippen molar-refractivity contribution in [3.63, 3.8) is 0 Å². The molecule has 7 nitrogen and oxygen atoms in total. The number of hydrogen-bond donors (Lipinski definition) is 4. The number of rotatable bonds is 4. The van der Waals surface area contributed by atoms with Crippen molar-refractivity contribution in [3.05, 3.63) is 47.5 Å². The van der Waals surface area contributed by atoms with Crippen LogP contribution in [0.25, 0.3) is 0 Å². The van der Waals surface area contributed by atoms with Crippen LogP contribution in [0.5, 0.6) is 0 Å². The fraction of sp³-hybridized carbons (Fsp3) is 0.471. The van der Waals surface area contributed by atoms with Crippen LogP contribution in [-0.4, -0.2) is 38.5 Å². The zero-order chi connectivity index (χ0) is 16.9. The monoisotopic (exact) mass is 329 g/mol. The van der Waals surface area contributed by atoms with Crippen LogP contribution in [0.3, 0.4) is 0 Å². The van der Waals surface area contributed by atoms with Gasteiger partial charge in [0.15, 0.2) is 5.82 Å². The van der Waals surface area contributed by atoms with E-state index in [2.05, 4.69) is 25.8 Å². The number of aliphatic hydroxyl groups excluding tert-OH is 1. The molecule has 1 unspecified atom stereocenters. The molecule has 1 saturated carbocycles. The number of aliphatic hydroxyl groups is 1. The van der Waals surface area contributed by atoms with Crippen LogP contribution in [0, 0.1) is 6.92 Å². The third-order valence-electron chi connectivity index (χ3n) is 4.31. The Kier molecular flexibility index (Phi) is 5.10. The molecule has 0 spiro atoms. The van der Waals surface area contributed by atoms with Gasteiger partial charge in [-0.2, -0.15) is 5.10 Å². The molecule has 0 aliphatic heterocycles. The lowest BCUT2D eigenvalue weighted by Crippen LogP contribution is -2.45. The minimum atomic E-state index is -0.412. The quantitative estimate of drug-likeness (QED) is 0.687. The second kappa shape index (κ2) is 7.44. The molecule has 3 rings (SSSR count). The fourth-order valence-corrected chi connectivity index (χ4v) is 3.01. The van der Waals surface area contributed by atoms with E-state index in [1.165, 1.54) is 0 Å². The lowest BCUT2D eigenvalue weighted by molar-refractivity contribution is 0.117. The normalized spacial score (nSPS) is 21.9. The van der Waals surface area contributed by atoms with Gasteiger partial charge in [-0.15, -0.1) is 0 Å². The van der Waals surface area contributed by atoms with Gasteiger partial charge in [0.2, 0.25) is 0 Å². The highest BCUT2D eigenvalue weighted by molar-refractivity contribution is 5.75. The van der Waals surface area contributed by atoms with Gasteiger partial charge in [-0.3, -0.25) is 5.10 Å². The SMILES string of the molecule is Cc1nc(C(NC(=O)NC2CCC(O)CC2)c2ccccc2)n[nH]1. The summed E-state index contributed by atoms with van der Waals surface area (Å²) in [6.45, 7) is 1.83. The van der Waals surface area contributed by atoms with Crippen LogP contribution in [0.2, 0.25) is 0 Å². The van der Waals surface area contributed by atoms with Crippen molar-refractivity contribution < 1.29 is 9.90 Å². The Bertz CT molecular complexity index is 665. The van der Waals surface area contributed by atoms with Gasteiger partial charge in [-0.1, -0.05) is 30.3 Å². The van der Waals surface area contributed by atoms with E-state index in [0.29, 0.717) is 11.6 Å². The van der Waals surface area contributed by atoms with E-state index in [0.717, 1.165) is 31.2 Å². The maximum Gasteiger partial charge on any atom is 0.315 e. The number of H-pyrrole nitrogens is 1. The number of benzene rings is 1. The van der Waals surface area contributed by atoms with Gasteiger partial charge >= 0.3 is 6.03 Å². The predicted octanol–water partition coefficient (Wildman–Crippen LogP) is 1.81. The number of carbonyl (C=O) groups excluding carboxylic acids is 1. The molecule has 1 aliphatic rings. The number of carbonyl (C=O) groups is 1. The van der Waals surface area contributed by atoms with E-state index < -0.39 is 6.04 Å². The molecular formula is C17H23N5O2. The third kappa shape index (κ3) is 4.11. The highest BCUT2D eigenvalue weighted by atomic mass is 16.3. The molecular weight excluding hydrogens is 306 g/mol. The maximum atomic E-state index is 12.4. The summed E-state index contributed by atoms with van der Waals surface area (Å²) in [5, 5.41) is 22.5. The molecule has 0 radical (unpaired) electrons. The first-order valence-electron chi connectivity index (χ1n) is 8.31. The van der Waals surface area contributed by atoms with Crippen molar-refractivity contribution in [1.82, 2.24) is 25.8 Å². The summed E-state index contributed by atoms with van der Waals surface area (Å²) in [5.74, 6) is 1.24. The van der Waals surface area contributed by atoms with Crippen LogP contribution in [0.1, 0.15) is 48.9 Å². The Morgan fingerprint density at radius 1 is 1.25 bits per heavy atom. The standard InChI is InChI=1S/C17H23N5O2/c1-11-18-16(22-21-11)15(12-5-3-2-4-6-12)20-17(24)19-13-7-9-14(23)10-8-13/h2-6,13-15,23H,7-10H2,1H3,(H,18,21,22)(H2,19,20,24). The summed E-state index contributed by atoms with van der Waals surface area (Å²) in [6.07, 6.45) is 2.81. The largest absolute Gasteiger partial charge is 0.393 e. The topological polar surface area (TPSA) is 103 Å². The summed E-state index contributed by atoms with van der Waals surface area (Å²) >= 11 is 0. The molecule has 1 aliphatic carbocycles. The van der Waals surface area contributed by atoms with Crippen molar-refractivity contribution >= 4 is 6.03 Å². The summed E-state index contributed by atoms with van der Waals surface area (Å²) in [6, 6.07) is 9.09. The first-order valence-corrected chi connectivity index (χ1v) is 8.31. The van der Waals surface area contributed by atoms with Gasteiger partial charge < -0.3 is 15.7 Å². The summed E-state index contributed by atoms with van der Waals surface area (Å²) in [4.78, 5) is 16.8. The lowest BCUT2D eigenvalue weighted by atomic mass is 9.93. The van der Waals surface area contributed by atoms with Crippen LogP contribution in [0.15, 0.2) is 30.3 Å². The van der Waals surface area contributed by atoms with Gasteiger partial charge in [0.25, 0.3) is 0 Å². The molecule has 4 N–H and O–H groups in total. The van der Waals surface area contributed by atoms with Crippen LogP contribution in [0.4, 0.5) is 4.79 Å². The van der Waals surface area contributed by atoms with Crippen molar-refractivity contribution in [3.8, 4) is 0 Å². The maximum absolute atomic E-state index is 12.4. The number of nitrogens with one attached hydrogen (secondary N) is 3.